The second-order valence-electron chi connectivity index (χ2n) is 12.3. The van der Waals surface area contributed by atoms with Crippen molar-refractivity contribution in [2.24, 2.45) is 11.8 Å². The van der Waals surface area contributed by atoms with Crippen molar-refractivity contribution in [2.45, 2.75) is 75.5 Å². The van der Waals surface area contributed by atoms with Gasteiger partial charge in [-0.3, -0.25) is 14.4 Å². The van der Waals surface area contributed by atoms with Crippen LogP contribution in [0.1, 0.15) is 58.3 Å². The lowest BCUT2D eigenvalue weighted by Crippen LogP contribution is -2.56. The zero-order valence-corrected chi connectivity index (χ0v) is 25.2. The number of nitrogens with zero attached hydrogens (tertiary/aromatic N) is 2. The highest BCUT2D eigenvalue weighted by Gasteiger charge is 2.78. The first kappa shape index (κ1) is 31.0. The van der Waals surface area contributed by atoms with Gasteiger partial charge in [0.2, 0.25) is 5.91 Å². The average Bonchev–Trinajstić information content (AvgIpc) is 3.58. The van der Waals surface area contributed by atoms with Crippen LogP contribution in [0.15, 0.2) is 67.8 Å². The fourth-order valence-electron chi connectivity index (χ4n) is 7.48. The number of hydrogen-bond acceptors (Lipinski definition) is 6. The number of ether oxygens (including phenoxy) is 2. The van der Waals surface area contributed by atoms with Crippen molar-refractivity contribution in [3.8, 4) is 0 Å². The molecular formula is C35H44N2O6. The number of benzene rings is 2. The first-order valence-corrected chi connectivity index (χ1v) is 15.6. The summed E-state index contributed by atoms with van der Waals surface area (Å²) in [4.78, 5) is 46.0. The first-order chi connectivity index (χ1) is 20.8. The molecule has 3 aliphatic heterocycles. The SMILES string of the molecule is C=CCCCOC(=O)[C@H]1[C@H]2C(=O)N(CCCCCCO)C(C(=O)N(CC=C)c3ccc4ccccc4c3)C23CC[C@]1(C)O3. The monoisotopic (exact) mass is 588 g/mol. The van der Waals surface area contributed by atoms with E-state index in [0.29, 0.717) is 38.6 Å². The van der Waals surface area contributed by atoms with Gasteiger partial charge in [0.1, 0.15) is 17.6 Å². The summed E-state index contributed by atoms with van der Waals surface area (Å²) in [5.41, 5.74) is -1.28. The normalized spacial score (nSPS) is 27.3. The molecule has 5 atom stereocenters. The number of fused-ring (bicyclic) bond motifs is 2. The number of esters is 1. The van der Waals surface area contributed by atoms with Crippen LogP contribution in [0, 0.1) is 11.8 Å². The van der Waals surface area contributed by atoms with E-state index >= 15 is 0 Å². The van der Waals surface area contributed by atoms with E-state index in [9.17, 15) is 19.5 Å². The number of aliphatic hydroxyl groups is 1. The topological polar surface area (TPSA) is 96.4 Å². The van der Waals surface area contributed by atoms with Gasteiger partial charge in [-0.15, -0.1) is 13.2 Å². The van der Waals surface area contributed by atoms with Gasteiger partial charge in [-0.2, -0.15) is 0 Å². The zero-order valence-electron chi connectivity index (χ0n) is 25.2. The minimum atomic E-state index is -1.12. The highest BCUT2D eigenvalue weighted by molar-refractivity contribution is 6.05. The molecule has 5 rings (SSSR count). The Balaban J connectivity index is 1.50. The summed E-state index contributed by atoms with van der Waals surface area (Å²) in [5.74, 6) is -2.44. The van der Waals surface area contributed by atoms with E-state index in [1.54, 1.807) is 22.0 Å². The number of unbranched alkanes of at least 4 members (excludes halogenated alkanes) is 4. The Kier molecular flexibility index (Phi) is 9.37. The molecule has 2 amide bonds. The van der Waals surface area contributed by atoms with Crippen molar-refractivity contribution in [1.29, 1.82) is 0 Å². The van der Waals surface area contributed by atoms with Gasteiger partial charge in [0.25, 0.3) is 5.91 Å². The third-order valence-corrected chi connectivity index (χ3v) is 9.49. The van der Waals surface area contributed by atoms with Crippen LogP contribution in [-0.4, -0.2) is 71.3 Å². The molecule has 230 valence electrons. The van der Waals surface area contributed by atoms with Crippen LogP contribution in [0.3, 0.4) is 0 Å². The molecule has 2 aromatic carbocycles. The van der Waals surface area contributed by atoms with Crippen LogP contribution in [0.25, 0.3) is 10.8 Å². The van der Waals surface area contributed by atoms with E-state index in [0.717, 1.165) is 35.7 Å². The van der Waals surface area contributed by atoms with Crippen molar-refractivity contribution < 1.29 is 29.0 Å². The van der Waals surface area contributed by atoms with Gasteiger partial charge >= 0.3 is 5.97 Å². The number of likely N-dealkylation sites (tertiary alicyclic amines) is 1. The lowest BCUT2D eigenvalue weighted by molar-refractivity contribution is -0.159. The van der Waals surface area contributed by atoms with Crippen LogP contribution in [-0.2, 0) is 23.9 Å². The number of amides is 2. The highest BCUT2D eigenvalue weighted by Crippen LogP contribution is 2.63. The number of allylic oxidation sites excluding steroid dienone is 1. The molecule has 0 radical (unpaired) electrons. The van der Waals surface area contributed by atoms with Gasteiger partial charge < -0.3 is 24.4 Å². The molecule has 3 heterocycles. The standard InChI is InChI=1S/C35H44N2O6/c1-4-6-13-23-42-33(41)29-28-31(39)37(21-11-7-8-12-22-38)30(35(28)19-18-34(29,3)43-35)32(40)36(20-5-2)27-17-16-25-14-9-10-15-26(25)24-27/h4-5,9-10,14-17,24,28-30,38H,1-2,6-8,11-13,18-23H2,3H3/t28-,29+,30?,34-,35?/m0/s1. The van der Waals surface area contributed by atoms with Gasteiger partial charge in [-0.1, -0.05) is 55.3 Å². The molecule has 0 aromatic heterocycles. The van der Waals surface area contributed by atoms with Crippen molar-refractivity contribution in [1.82, 2.24) is 4.90 Å². The molecule has 2 bridgehead atoms. The van der Waals surface area contributed by atoms with Gasteiger partial charge in [-0.05, 0) is 68.4 Å². The fourth-order valence-corrected chi connectivity index (χ4v) is 7.48. The number of aliphatic hydroxyl groups excluding tert-OH is 1. The molecule has 3 fully saturated rings. The van der Waals surface area contributed by atoms with Crippen molar-refractivity contribution in [3.63, 3.8) is 0 Å². The molecule has 8 heteroatoms. The molecule has 1 spiro atoms. The molecule has 43 heavy (non-hydrogen) atoms. The van der Waals surface area contributed by atoms with Gasteiger partial charge in [0, 0.05) is 25.4 Å². The smallest absolute Gasteiger partial charge is 0.312 e. The van der Waals surface area contributed by atoms with Crippen LogP contribution < -0.4 is 4.90 Å². The summed E-state index contributed by atoms with van der Waals surface area (Å²) >= 11 is 0. The third kappa shape index (κ3) is 5.63. The fraction of sp³-hybridized carbons (Fsp3) is 0.514. The molecule has 1 N–H and O–H groups in total. The molecule has 2 aromatic rings. The Morgan fingerprint density at radius 3 is 2.58 bits per heavy atom. The van der Waals surface area contributed by atoms with Crippen LogP contribution in [0.2, 0.25) is 0 Å². The number of anilines is 1. The summed E-state index contributed by atoms with van der Waals surface area (Å²) in [7, 11) is 0. The van der Waals surface area contributed by atoms with E-state index in [1.807, 2.05) is 49.4 Å². The second kappa shape index (κ2) is 13.0. The Morgan fingerprint density at radius 2 is 1.84 bits per heavy atom. The van der Waals surface area contributed by atoms with Gasteiger partial charge in [-0.25, -0.2) is 0 Å². The van der Waals surface area contributed by atoms with Crippen LogP contribution in [0.5, 0.6) is 0 Å². The molecular weight excluding hydrogens is 544 g/mol. The van der Waals surface area contributed by atoms with Gasteiger partial charge in [0.15, 0.2) is 0 Å². The van der Waals surface area contributed by atoms with Crippen molar-refractivity contribution >= 4 is 34.2 Å². The zero-order chi connectivity index (χ0) is 30.6. The number of rotatable bonds is 15. The largest absolute Gasteiger partial charge is 0.465 e. The maximum atomic E-state index is 14.8. The minimum absolute atomic E-state index is 0.125. The third-order valence-electron chi connectivity index (χ3n) is 9.49. The average molecular weight is 589 g/mol. The summed E-state index contributed by atoms with van der Waals surface area (Å²) in [6.45, 7) is 10.5. The Hall–Kier alpha value is -3.49. The molecule has 3 saturated heterocycles. The van der Waals surface area contributed by atoms with Gasteiger partial charge in [0.05, 0.1) is 18.1 Å². The number of carbonyl (C=O) groups excluding carboxylic acids is 3. The summed E-state index contributed by atoms with van der Waals surface area (Å²) in [6, 6.07) is 13.0. The van der Waals surface area contributed by atoms with E-state index in [-0.39, 0.29) is 31.6 Å². The van der Waals surface area contributed by atoms with E-state index in [2.05, 4.69) is 13.2 Å². The molecule has 2 unspecified atom stereocenters. The minimum Gasteiger partial charge on any atom is -0.465 e. The molecule has 8 nitrogen and oxygen atoms in total. The number of carbonyl (C=O) groups is 3. The molecule has 0 aliphatic carbocycles. The molecule has 3 aliphatic rings. The van der Waals surface area contributed by atoms with Crippen LogP contribution in [0.4, 0.5) is 5.69 Å². The quantitative estimate of drug-likeness (QED) is 0.175. The Bertz CT molecular complexity index is 1380. The van der Waals surface area contributed by atoms with E-state index in [4.69, 9.17) is 9.47 Å². The van der Waals surface area contributed by atoms with Crippen LogP contribution >= 0.6 is 0 Å². The molecule has 0 saturated carbocycles. The van der Waals surface area contributed by atoms with E-state index in [1.165, 1.54) is 0 Å². The van der Waals surface area contributed by atoms with Crippen molar-refractivity contribution in [3.05, 3.63) is 67.8 Å². The highest BCUT2D eigenvalue weighted by atomic mass is 16.6. The maximum absolute atomic E-state index is 14.8. The van der Waals surface area contributed by atoms with E-state index < -0.39 is 35.0 Å². The lowest BCUT2D eigenvalue weighted by Gasteiger charge is -2.37. The predicted octanol–water partition coefficient (Wildman–Crippen LogP) is 5.19. The Labute approximate surface area is 254 Å². The van der Waals surface area contributed by atoms with Crippen molar-refractivity contribution in [2.75, 3.05) is 31.2 Å². The summed E-state index contributed by atoms with van der Waals surface area (Å²) in [5, 5.41) is 11.3. The summed E-state index contributed by atoms with van der Waals surface area (Å²) in [6.07, 6.45) is 8.96. The Morgan fingerprint density at radius 1 is 1.07 bits per heavy atom. The first-order valence-electron chi connectivity index (χ1n) is 15.6. The lowest BCUT2D eigenvalue weighted by atomic mass is 9.66. The number of hydrogen-bond donors (Lipinski definition) is 1. The maximum Gasteiger partial charge on any atom is 0.312 e. The predicted molar refractivity (Wildman–Crippen MR) is 166 cm³/mol. The second-order valence-corrected chi connectivity index (χ2v) is 12.3. The summed E-state index contributed by atoms with van der Waals surface area (Å²) < 4.78 is 12.4.